The molecule has 0 fully saturated rings. The highest BCUT2D eigenvalue weighted by Gasteiger charge is 2.26. The molecule has 1 atom stereocenters. The minimum absolute atomic E-state index is 0.183. The van der Waals surface area contributed by atoms with Crippen LogP contribution in [0, 0.1) is 12.7 Å². The third-order valence-corrected chi connectivity index (χ3v) is 5.36. The maximum absolute atomic E-state index is 13.2. The van der Waals surface area contributed by atoms with Gasteiger partial charge in [0.05, 0.1) is 0 Å². The number of hydrogen-bond acceptors (Lipinski definition) is 3. The number of carbonyl (C=O) groups excluding carboxylic acids is 2. The zero-order valence-corrected chi connectivity index (χ0v) is 18.5. The monoisotopic (exact) mass is 464 g/mol. The average molecular weight is 465 g/mol. The number of aryl methyl sites for hydroxylation is 1. The van der Waals surface area contributed by atoms with Crippen LogP contribution in [0.2, 0.25) is 0 Å². The first-order chi connectivity index (χ1) is 13.8. The van der Waals surface area contributed by atoms with Crippen LogP contribution in [0.25, 0.3) is 0 Å². The Kier molecular flexibility index (Phi) is 8.64. The normalized spacial score (nSPS) is 11.6. The third-order valence-electron chi connectivity index (χ3n) is 4.47. The van der Waals surface area contributed by atoms with Gasteiger partial charge in [0, 0.05) is 17.6 Å². The molecule has 156 valence electrons. The molecule has 0 spiro atoms. The molecule has 5 nitrogen and oxygen atoms in total. The maximum atomic E-state index is 13.2. The number of nitrogens with one attached hydrogen (secondary N) is 1. The van der Waals surface area contributed by atoms with Crippen molar-refractivity contribution in [2.75, 3.05) is 13.2 Å². The first kappa shape index (κ1) is 22.9. The molecule has 0 saturated carbocycles. The number of amides is 2. The zero-order valence-electron chi connectivity index (χ0n) is 16.9. The van der Waals surface area contributed by atoms with Crippen LogP contribution in [0.3, 0.4) is 0 Å². The van der Waals surface area contributed by atoms with Gasteiger partial charge in [-0.25, -0.2) is 4.39 Å². The van der Waals surface area contributed by atoms with Crippen molar-refractivity contribution in [2.45, 2.75) is 39.8 Å². The Morgan fingerprint density at radius 3 is 2.52 bits per heavy atom. The van der Waals surface area contributed by atoms with Crippen LogP contribution in [-0.2, 0) is 16.1 Å². The molecule has 0 aromatic heterocycles. The van der Waals surface area contributed by atoms with E-state index in [4.69, 9.17) is 4.74 Å². The summed E-state index contributed by atoms with van der Waals surface area (Å²) in [6.45, 7) is 6.09. The Morgan fingerprint density at radius 1 is 1.21 bits per heavy atom. The molecule has 1 N–H and O–H groups in total. The molecular formula is C22H26BrFN2O3. The van der Waals surface area contributed by atoms with Crippen LogP contribution in [-0.4, -0.2) is 35.9 Å². The average Bonchev–Trinajstić information content (AvgIpc) is 2.71. The lowest BCUT2D eigenvalue weighted by Gasteiger charge is -2.28. The number of benzene rings is 2. The molecule has 0 aliphatic rings. The topological polar surface area (TPSA) is 58.6 Å². The lowest BCUT2D eigenvalue weighted by molar-refractivity contribution is -0.142. The summed E-state index contributed by atoms with van der Waals surface area (Å²) in [5, 5.41) is 2.81. The molecule has 29 heavy (non-hydrogen) atoms. The highest BCUT2D eigenvalue weighted by molar-refractivity contribution is 9.10. The van der Waals surface area contributed by atoms with Crippen molar-refractivity contribution in [2.24, 2.45) is 0 Å². The lowest BCUT2D eigenvalue weighted by atomic mass is 10.1. The van der Waals surface area contributed by atoms with E-state index in [0.717, 1.165) is 22.0 Å². The molecule has 2 aromatic rings. The fourth-order valence-corrected chi connectivity index (χ4v) is 2.95. The van der Waals surface area contributed by atoms with Gasteiger partial charge in [0.2, 0.25) is 5.91 Å². The number of rotatable bonds is 9. The molecule has 0 saturated heterocycles. The predicted molar refractivity (Wildman–Crippen MR) is 114 cm³/mol. The van der Waals surface area contributed by atoms with Crippen molar-refractivity contribution in [3.8, 4) is 5.75 Å². The second kappa shape index (κ2) is 11.0. The van der Waals surface area contributed by atoms with Gasteiger partial charge in [-0.1, -0.05) is 35.0 Å². The van der Waals surface area contributed by atoms with E-state index < -0.39 is 6.04 Å². The summed E-state index contributed by atoms with van der Waals surface area (Å²) < 4.78 is 19.8. The van der Waals surface area contributed by atoms with E-state index in [9.17, 15) is 14.0 Å². The maximum Gasteiger partial charge on any atom is 0.261 e. The van der Waals surface area contributed by atoms with Crippen LogP contribution in [0.5, 0.6) is 5.75 Å². The molecule has 0 aliphatic heterocycles. The third kappa shape index (κ3) is 6.85. The number of carbonyl (C=O) groups is 2. The molecule has 0 unspecified atom stereocenters. The Hall–Kier alpha value is -2.41. The molecule has 2 aromatic carbocycles. The lowest BCUT2D eigenvalue weighted by Crippen LogP contribution is -2.49. The van der Waals surface area contributed by atoms with Gasteiger partial charge in [-0.05, 0) is 61.7 Å². The van der Waals surface area contributed by atoms with E-state index in [1.165, 1.54) is 17.0 Å². The Morgan fingerprint density at radius 2 is 1.90 bits per heavy atom. The SMILES string of the molecule is CCCNC(=O)[C@H](C)N(Cc1ccc(F)cc1)C(=O)COc1ccc(Br)c(C)c1. The van der Waals surface area contributed by atoms with E-state index in [2.05, 4.69) is 21.2 Å². The van der Waals surface area contributed by atoms with Crippen LogP contribution in [0.1, 0.15) is 31.4 Å². The highest BCUT2D eigenvalue weighted by Crippen LogP contribution is 2.21. The summed E-state index contributed by atoms with van der Waals surface area (Å²) in [4.78, 5) is 26.8. The quantitative estimate of drug-likeness (QED) is 0.604. The number of ether oxygens (including phenoxy) is 1. The smallest absolute Gasteiger partial charge is 0.261 e. The van der Waals surface area contributed by atoms with Gasteiger partial charge in [0.1, 0.15) is 17.6 Å². The predicted octanol–water partition coefficient (Wildman–Crippen LogP) is 4.22. The first-order valence-electron chi connectivity index (χ1n) is 9.52. The molecule has 7 heteroatoms. The van der Waals surface area contributed by atoms with Gasteiger partial charge in [-0.3, -0.25) is 9.59 Å². The highest BCUT2D eigenvalue weighted by atomic mass is 79.9. The van der Waals surface area contributed by atoms with Crippen molar-refractivity contribution in [1.82, 2.24) is 10.2 Å². The Labute approximate surface area is 179 Å². The van der Waals surface area contributed by atoms with E-state index >= 15 is 0 Å². The van der Waals surface area contributed by atoms with Gasteiger partial charge in [0.25, 0.3) is 5.91 Å². The fraction of sp³-hybridized carbons (Fsp3) is 0.364. The minimum atomic E-state index is -0.686. The zero-order chi connectivity index (χ0) is 21.4. The molecule has 0 bridgehead atoms. The van der Waals surface area contributed by atoms with E-state index in [1.807, 2.05) is 26.0 Å². The van der Waals surface area contributed by atoms with Gasteiger partial charge in [0.15, 0.2) is 6.61 Å². The standard InChI is InChI=1S/C22H26BrFN2O3/c1-4-11-25-22(28)16(3)26(13-17-5-7-18(24)8-6-17)21(27)14-29-19-9-10-20(23)15(2)12-19/h5-10,12,16H,4,11,13-14H2,1-3H3,(H,25,28)/t16-/m0/s1. The van der Waals surface area contributed by atoms with Crippen LogP contribution < -0.4 is 10.1 Å². The fourth-order valence-electron chi connectivity index (χ4n) is 2.70. The van der Waals surface area contributed by atoms with Gasteiger partial charge >= 0.3 is 0 Å². The van der Waals surface area contributed by atoms with Gasteiger partial charge in [-0.2, -0.15) is 0 Å². The van der Waals surface area contributed by atoms with E-state index in [1.54, 1.807) is 25.1 Å². The van der Waals surface area contributed by atoms with Crippen molar-refractivity contribution in [3.05, 3.63) is 63.9 Å². The summed E-state index contributed by atoms with van der Waals surface area (Å²) in [6.07, 6.45) is 0.802. The molecule has 0 radical (unpaired) electrons. The molecule has 0 aliphatic carbocycles. The van der Waals surface area contributed by atoms with Crippen molar-refractivity contribution < 1.29 is 18.7 Å². The van der Waals surface area contributed by atoms with Crippen LogP contribution >= 0.6 is 15.9 Å². The molecule has 2 amide bonds. The van der Waals surface area contributed by atoms with E-state index in [0.29, 0.717) is 12.3 Å². The number of halogens is 2. The minimum Gasteiger partial charge on any atom is -0.484 e. The first-order valence-corrected chi connectivity index (χ1v) is 10.3. The second-order valence-corrected chi connectivity index (χ2v) is 7.67. The second-order valence-electron chi connectivity index (χ2n) is 6.81. The molecule has 0 heterocycles. The van der Waals surface area contributed by atoms with Crippen LogP contribution in [0.15, 0.2) is 46.9 Å². The summed E-state index contributed by atoms with van der Waals surface area (Å²) in [7, 11) is 0. The number of hydrogen-bond donors (Lipinski definition) is 1. The summed E-state index contributed by atoms with van der Waals surface area (Å²) in [6, 6.07) is 10.6. The summed E-state index contributed by atoms with van der Waals surface area (Å²) in [5.74, 6) is -0.339. The van der Waals surface area contributed by atoms with Crippen molar-refractivity contribution in [1.29, 1.82) is 0 Å². The summed E-state index contributed by atoms with van der Waals surface area (Å²) in [5.41, 5.74) is 1.72. The number of nitrogens with zero attached hydrogens (tertiary/aromatic N) is 1. The van der Waals surface area contributed by atoms with E-state index in [-0.39, 0.29) is 30.8 Å². The largest absolute Gasteiger partial charge is 0.484 e. The summed E-state index contributed by atoms with van der Waals surface area (Å²) >= 11 is 3.43. The molecule has 2 rings (SSSR count). The van der Waals surface area contributed by atoms with Gasteiger partial charge < -0.3 is 15.0 Å². The Balaban J connectivity index is 2.13. The van der Waals surface area contributed by atoms with Gasteiger partial charge in [-0.15, -0.1) is 0 Å². The Bertz CT molecular complexity index is 842. The van der Waals surface area contributed by atoms with Crippen LogP contribution in [0.4, 0.5) is 4.39 Å². The molecular weight excluding hydrogens is 439 g/mol. The van der Waals surface area contributed by atoms with Crippen molar-refractivity contribution in [3.63, 3.8) is 0 Å². The van der Waals surface area contributed by atoms with Crippen molar-refractivity contribution >= 4 is 27.7 Å².